The van der Waals surface area contributed by atoms with Crippen molar-refractivity contribution in [2.75, 3.05) is 43.6 Å². The van der Waals surface area contributed by atoms with E-state index in [1.165, 1.54) is 28.6 Å². The van der Waals surface area contributed by atoms with E-state index in [9.17, 15) is 18.0 Å². The molecule has 1 saturated heterocycles. The summed E-state index contributed by atoms with van der Waals surface area (Å²) in [5.74, 6) is -0.335. The van der Waals surface area contributed by atoms with E-state index in [0.29, 0.717) is 44.0 Å². The van der Waals surface area contributed by atoms with Gasteiger partial charge in [0.1, 0.15) is 0 Å². The Morgan fingerprint density at radius 2 is 1.76 bits per heavy atom. The number of fused-ring (bicyclic) bond motifs is 1. The van der Waals surface area contributed by atoms with Crippen molar-refractivity contribution in [3.63, 3.8) is 0 Å². The first-order valence-electron chi connectivity index (χ1n) is 9.25. The van der Waals surface area contributed by atoms with Crippen molar-refractivity contribution in [2.45, 2.75) is 11.3 Å². The SMILES string of the molecule is CN1C(=O)Cc2cc(NC(=O)c3ccc(S(=O)(=O)N4CCOCC4)cc3)ccc21. The third kappa shape index (κ3) is 3.76. The molecule has 9 heteroatoms. The highest BCUT2D eigenvalue weighted by molar-refractivity contribution is 7.89. The number of morpholine rings is 1. The number of ether oxygens (including phenoxy) is 1. The van der Waals surface area contributed by atoms with Gasteiger partial charge in [-0.2, -0.15) is 4.31 Å². The van der Waals surface area contributed by atoms with E-state index in [4.69, 9.17) is 4.74 Å². The van der Waals surface area contributed by atoms with Gasteiger partial charge in [-0.3, -0.25) is 9.59 Å². The summed E-state index contributed by atoms with van der Waals surface area (Å²) < 4.78 is 31.9. The van der Waals surface area contributed by atoms with Crippen LogP contribution < -0.4 is 10.2 Å². The molecule has 2 aromatic rings. The highest BCUT2D eigenvalue weighted by atomic mass is 32.2. The van der Waals surface area contributed by atoms with Gasteiger partial charge in [0.05, 0.1) is 24.5 Å². The zero-order valence-corrected chi connectivity index (χ0v) is 16.7. The minimum absolute atomic E-state index is 0.0144. The number of sulfonamides is 1. The molecule has 0 saturated carbocycles. The monoisotopic (exact) mass is 415 g/mol. The molecule has 2 heterocycles. The highest BCUT2D eigenvalue weighted by Gasteiger charge is 2.27. The molecule has 2 amide bonds. The molecule has 2 aliphatic rings. The maximum absolute atomic E-state index is 12.7. The quantitative estimate of drug-likeness (QED) is 0.816. The lowest BCUT2D eigenvalue weighted by Gasteiger charge is -2.26. The predicted molar refractivity (Wildman–Crippen MR) is 108 cm³/mol. The molecule has 4 rings (SSSR count). The summed E-state index contributed by atoms with van der Waals surface area (Å²) in [6.45, 7) is 1.39. The molecule has 1 fully saturated rings. The van der Waals surface area contributed by atoms with E-state index in [-0.39, 0.29) is 16.7 Å². The molecule has 0 aliphatic carbocycles. The van der Waals surface area contributed by atoms with Crippen LogP contribution in [0.4, 0.5) is 11.4 Å². The van der Waals surface area contributed by atoms with Crippen molar-refractivity contribution in [1.29, 1.82) is 0 Å². The van der Waals surface area contributed by atoms with E-state index in [1.807, 2.05) is 0 Å². The van der Waals surface area contributed by atoms with Crippen molar-refractivity contribution in [1.82, 2.24) is 4.31 Å². The van der Waals surface area contributed by atoms with Crippen molar-refractivity contribution >= 4 is 33.2 Å². The lowest BCUT2D eigenvalue weighted by molar-refractivity contribution is -0.117. The number of anilines is 2. The minimum Gasteiger partial charge on any atom is -0.379 e. The van der Waals surface area contributed by atoms with Crippen LogP contribution in [-0.2, 0) is 26.0 Å². The fourth-order valence-electron chi connectivity index (χ4n) is 3.47. The predicted octanol–water partition coefficient (Wildman–Crippen LogP) is 1.48. The van der Waals surface area contributed by atoms with Gasteiger partial charge >= 0.3 is 0 Å². The molecule has 1 N–H and O–H groups in total. The maximum Gasteiger partial charge on any atom is 0.255 e. The van der Waals surface area contributed by atoms with Crippen LogP contribution in [0, 0.1) is 0 Å². The molecule has 0 spiro atoms. The fourth-order valence-corrected chi connectivity index (χ4v) is 4.87. The zero-order valence-electron chi connectivity index (χ0n) is 15.9. The van der Waals surface area contributed by atoms with Gasteiger partial charge in [-0.1, -0.05) is 0 Å². The highest BCUT2D eigenvalue weighted by Crippen LogP contribution is 2.30. The molecule has 0 atom stereocenters. The number of likely N-dealkylation sites (N-methyl/N-ethyl adjacent to an activating group) is 1. The van der Waals surface area contributed by atoms with Crippen LogP contribution in [0.3, 0.4) is 0 Å². The van der Waals surface area contributed by atoms with Crippen LogP contribution in [0.2, 0.25) is 0 Å². The topological polar surface area (TPSA) is 96.0 Å². The number of rotatable bonds is 4. The van der Waals surface area contributed by atoms with E-state index >= 15 is 0 Å². The largest absolute Gasteiger partial charge is 0.379 e. The summed E-state index contributed by atoms with van der Waals surface area (Å²) in [5.41, 5.74) is 2.63. The number of benzene rings is 2. The maximum atomic E-state index is 12.7. The average molecular weight is 415 g/mol. The fraction of sp³-hybridized carbons (Fsp3) is 0.300. The lowest BCUT2D eigenvalue weighted by Crippen LogP contribution is -2.40. The Bertz CT molecular complexity index is 1060. The second kappa shape index (κ2) is 7.58. The first kappa shape index (κ1) is 19.6. The van der Waals surface area contributed by atoms with Gasteiger partial charge in [0.2, 0.25) is 15.9 Å². The average Bonchev–Trinajstić information content (AvgIpc) is 3.02. The van der Waals surface area contributed by atoms with E-state index in [1.54, 1.807) is 30.1 Å². The number of carbonyl (C=O) groups excluding carboxylic acids is 2. The minimum atomic E-state index is -3.60. The zero-order chi connectivity index (χ0) is 20.6. The summed E-state index contributed by atoms with van der Waals surface area (Å²) in [6.07, 6.45) is 0.309. The van der Waals surface area contributed by atoms with Crippen LogP contribution in [0.15, 0.2) is 47.4 Å². The molecule has 2 aromatic carbocycles. The lowest BCUT2D eigenvalue weighted by atomic mass is 10.1. The number of hydrogen-bond acceptors (Lipinski definition) is 5. The molecule has 0 bridgehead atoms. The number of carbonyl (C=O) groups is 2. The van der Waals surface area contributed by atoms with Crippen molar-refractivity contribution in [3.8, 4) is 0 Å². The van der Waals surface area contributed by atoms with Crippen molar-refractivity contribution in [3.05, 3.63) is 53.6 Å². The van der Waals surface area contributed by atoms with Gasteiger partial charge in [0.15, 0.2) is 0 Å². The standard InChI is InChI=1S/C20H21N3O5S/c1-22-18-7-4-16(12-15(18)13-19(22)24)21-20(25)14-2-5-17(6-3-14)29(26,27)23-8-10-28-11-9-23/h2-7,12H,8-11,13H2,1H3,(H,21,25). The summed E-state index contributed by atoms with van der Waals surface area (Å²) in [6, 6.07) is 11.2. The van der Waals surface area contributed by atoms with Gasteiger partial charge in [0, 0.05) is 37.1 Å². The van der Waals surface area contributed by atoms with Gasteiger partial charge in [-0.05, 0) is 48.0 Å². The Morgan fingerprint density at radius 1 is 1.07 bits per heavy atom. The van der Waals surface area contributed by atoms with Crippen LogP contribution in [0.5, 0.6) is 0 Å². The summed E-state index contributed by atoms with van der Waals surface area (Å²) >= 11 is 0. The number of nitrogens with zero attached hydrogens (tertiary/aromatic N) is 2. The van der Waals surface area contributed by atoms with Crippen LogP contribution in [-0.4, -0.2) is 57.9 Å². The third-order valence-electron chi connectivity index (χ3n) is 5.14. The Kier molecular flexibility index (Phi) is 5.12. The third-order valence-corrected chi connectivity index (χ3v) is 7.05. The number of amides is 2. The van der Waals surface area contributed by atoms with Crippen LogP contribution in [0.1, 0.15) is 15.9 Å². The Balaban J connectivity index is 1.48. The number of nitrogens with one attached hydrogen (secondary N) is 1. The molecule has 8 nitrogen and oxygen atoms in total. The smallest absolute Gasteiger partial charge is 0.255 e. The first-order valence-corrected chi connectivity index (χ1v) is 10.7. The molecule has 29 heavy (non-hydrogen) atoms. The van der Waals surface area contributed by atoms with Crippen molar-refractivity contribution in [2.24, 2.45) is 0 Å². The molecule has 152 valence electrons. The van der Waals surface area contributed by atoms with Gasteiger partial charge in [0.25, 0.3) is 5.91 Å². The molecule has 2 aliphatic heterocycles. The Labute approximate surface area is 169 Å². The molecule has 0 aromatic heterocycles. The van der Waals surface area contributed by atoms with Crippen LogP contribution >= 0.6 is 0 Å². The molecule has 0 unspecified atom stereocenters. The Morgan fingerprint density at radius 3 is 2.45 bits per heavy atom. The van der Waals surface area contributed by atoms with Gasteiger partial charge < -0.3 is 15.0 Å². The van der Waals surface area contributed by atoms with Crippen molar-refractivity contribution < 1.29 is 22.7 Å². The van der Waals surface area contributed by atoms with E-state index in [0.717, 1.165) is 11.3 Å². The molecular formula is C20H21N3O5S. The second-order valence-electron chi connectivity index (χ2n) is 6.97. The normalized spacial score (nSPS) is 17.3. The summed E-state index contributed by atoms with van der Waals surface area (Å²) in [7, 11) is -1.87. The summed E-state index contributed by atoms with van der Waals surface area (Å²) in [5, 5.41) is 2.79. The van der Waals surface area contributed by atoms with Gasteiger partial charge in [-0.25, -0.2) is 8.42 Å². The van der Waals surface area contributed by atoms with E-state index in [2.05, 4.69) is 5.32 Å². The van der Waals surface area contributed by atoms with Gasteiger partial charge in [-0.15, -0.1) is 0 Å². The number of hydrogen-bond donors (Lipinski definition) is 1. The Hall–Kier alpha value is -2.75. The van der Waals surface area contributed by atoms with E-state index < -0.39 is 10.0 Å². The summed E-state index contributed by atoms with van der Waals surface area (Å²) in [4.78, 5) is 26.1. The first-order chi connectivity index (χ1) is 13.9. The van der Waals surface area contributed by atoms with Crippen LogP contribution in [0.25, 0.3) is 0 Å². The second-order valence-corrected chi connectivity index (χ2v) is 8.91. The molecule has 0 radical (unpaired) electrons. The molecular weight excluding hydrogens is 394 g/mol.